The number of primary amides is 1. The molecule has 1 aromatic heterocycles. The molecule has 1 fully saturated rings. The lowest BCUT2D eigenvalue weighted by molar-refractivity contribution is -0.0521. The van der Waals surface area contributed by atoms with Crippen molar-refractivity contribution in [3.05, 3.63) is 47.3 Å². The van der Waals surface area contributed by atoms with Crippen LogP contribution < -0.4 is 15.2 Å². The number of aryl methyl sites for hydroxylation is 1. The minimum atomic E-state index is -3.68. The number of benzene rings is 2. The lowest BCUT2D eigenvalue weighted by Crippen LogP contribution is -2.33. The number of hydrogen-bond donors (Lipinski definition) is 2. The molecule has 0 saturated heterocycles. The van der Waals surface area contributed by atoms with E-state index in [1.165, 1.54) is 6.07 Å². The summed E-state index contributed by atoms with van der Waals surface area (Å²) in [5.41, 5.74) is 8.21. The van der Waals surface area contributed by atoms with Crippen LogP contribution in [0.4, 0.5) is 18.9 Å². The van der Waals surface area contributed by atoms with Crippen LogP contribution in [0.2, 0.25) is 0 Å². The number of anilines is 1. The number of nitrogens with one attached hydrogen (secondary N) is 1. The van der Waals surface area contributed by atoms with Crippen molar-refractivity contribution < 1.29 is 31.1 Å². The van der Waals surface area contributed by atoms with E-state index in [1.54, 1.807) is 45.9 Å². The van der Waals surface area contributed by atoms with Crippen molar-refractivity contribution in [2.24, 2.45) is 5.73 Å². The van der Waals surface area contributed by atoms with Gasteiger partial charge in [-0.15, -0.1) is 0 Å². The summed E-state index contributed by atoms with van der Waals surface area (Å²) < 4.78 is 74.1. The van der Waals surface area contributed by atoms with Gasteiger partial charge in [-0.3, -0.25) is 9.52 Å². The van der Waals surface area contributed by atoms with E-state index in [4.69, 9.17) is 5.73 Å². The summed E-state index contributed by atoms with van der Waals surface area (Å²) in [7, 11) is -3.68. The molecule has 206 valence electrons. The second kappa shape index (κ2) is 10.2. The summed E-state index contributed by atoms with van der Waals surface area (Å²) in [5.74, 6) is -2.44. The van der Waals surface area contributed by atoms with Crippen molar-refractivity contribution in [1.29, 1.82) is 0 Å². The number of hydrogen-bond acceptors (Lipinski definition) is 4. The largest absolute Gasteiger partial charge is 0.432 e. The van der Waals surface area contributed by atoms with Crippen molar-refractivity contribution in [1.82, 2.24) is 4.57 Å². The fourth-order valence-corrected chi connectivity index (χ4v) is 5.80. The molecule has 1 amide bonds. The molecule has 0 bridgehead atoms. The minimum Gasteiger partial charge on any atom is -0.432 e. The van der Waals surface area contributed by atoms with Crippen LogP contribution in [0, 0.1) is 12.7 Å². The zero-order valence-corrected chi connectivity index (χ0v) is 22.6. The van der Waals surface area contributed by atoms with Gasteiger partial charge in [-0.25, -0.2) is 12.8 Å². The Hall–Kier alpha value is -3.21. The number of sulfonamides is 1. The first-order valence-corrected chi connectivity index (χ1v) is 13.9. The van der Waals surface area contributed by atoms with Crippen LogP contribution >= 0.6 is 0 Å². The van der Waals surface area contributed by atoms with Crippen molar-refractivity contribution in [3.63, 3.8) is 0 Å². The van der Waals surface area contributed by atoms with Gasteiger partial charge in [0.2, 0.25) is 10.0 Å². The third-order valence-corrected chi connectivity index (χ3v) is 9.11. The second-order valence-corrected chi connectivity index (χ2v) is 13.1. The van der Waals surface area contributed by atoms with E-state index in [1.807, 2.05) is 4.57 Å². The minimum absolute atomic E-state index is 0.0653. The molecule has 3 N–H and O–H groups in total. The summed E-state index contributed by atoms with van der Waals surface area (Å²) in [6.07, 6.45) is 4.47. The van der Waals surface area contributed by atoms with Gasteiger partial charge in [0.15, 0.2) is 11.6 Å². The molecular formula is C27H32F3N3O4S. The molecular weight excluding hydrogens is 519 g/mol. The number of carbonyl (C=O) groups is 1. The first kappa shape index (κ1) is 27.8. The van der Waals surface area contributed by atoms with Gasteiger partial charge in [0, 0.05) is 17.5 Å². The highest BCUT2D eigenvalue weighted by Crippen LogP contribution is 2.43. The molecule has 3 aromatic rings. The predicted molar refractivity (Wildman–Crippen MR) is 142 cm³/mol. The van der Waals surface area contributed by atoms with Gasteiger partial charge in [0.05, 0.1) is 27.2 Å². The van der Waals surface area contributed by atoms with Gasteiger partial charge in [-0.05, 0) is 69.9 Å². The number of aromatic nitrogens is 1. The van der Waals surface area contributed by atoms with Crippen LogP contribution in [0.1, 0.15) is 74.8 Å². The smallest absolute Gasteiger partial charge is 0.387 e. The Kier molecular flexibility index (Phi) is 7.44. The van der Waals surface area contributed by atoms with E-state index >= 15 is 0 Å². The summed E-state index contributed by atoms with van der Waals surface area (Å²) in [5, 5.41) is 0.201. The Morgan fingerprint density at radius 2 is 1.79 bits per heavy atom. The molecule has 1 saturated carbocycles. The molecule has 1 heterocycles. The topological polar surface area (TPSA) is 103 Å². The zero-order chi connectivity index (χ0) is 28.0. The van der Waals surface area contributed by atoms with E-state index < -0.39 is 38.9 Å². The molecule has 0 radical (unpaired) electrons. The van der Waals surface area contributed by atoms with Gasteiger partial charge in [0.1, 0.15) is 0 Å². The first-order valence-electron chi connectivity index (χ1n) is 12.5. The van der Waals surface area contributed by atoms with Crippen molar-refractivity contribution in [2.45, 2.75) is 77.2 Å². The van der Waals surface area contributed by atoms with Gasteiger partial charge in [-0.1, -0.05) is 25.3 Å². The van der Waals surface area contributed by atoms with Crippen molar-refractivity contribution in [3.8, 4) is 17.0 Å². The predicted octanol–water partition coefficient (Wildman–Crippen LogP) is 6.50. The van der Waals surface area contributed by atoms with Gasteiger partial charge in [-0.2, -0.15) is 8.78 Å². The van der Waals surface area contributed by atoms with Crippen LogP contribution in [-0.4, -0.2) is 30.3 Å². The van der Waals surface area contributed by atoms with Crippen LogP contribution in [0.5, 0.6) is 5.75 Å². The zero-order valence-electron chi connectivity index (χ0n) is 21.8. The SMILES string of the molecule is Cc1cc(-c2c(C(N)=O)c3cc(F)c(OC(F)F)cc3n2C2CCCCC2)ccc1NS(=O)(=O)C(C)(C)C. The average molecular weight is 552 g/mol. The Morgan fingerprint density at radius 3 is 2.34 bits per heavy atom. The molecule has 2 aromatic carbocycles. The van der Waals surface area contributed by atoms with E-state index in [0.717, 1.165) is 38.2 Å². The number of nitrogens with zero attached hydrogens (tertiary/aromatic N) is 1. The van der Waals surface area contributed by atoms with Crippen molar-refractivity contribution in [2.75, 3.05) is 4.72 Å². The summed E-state index contributed by atoms with van der Waals surface area (Å²) in [4.78, 5) is 12.8. The maximum atomic E-state index is 14.8. The molecule has 0 unspecified atom stereocenters. The number of nitrogens with two attached hydrogens (primary N) is 1. The molecule has 0 spiro atoms. The highest BCUT2D eigenvalue weighted by atomic mass is 32.2. The number of alkyl halides is 2. The lowest BCUT2D eigenvalue weighted by Gasteiger charge is -2.27. The van der Waals surface area contributed by atoms with E-state index in [9.17, 15) is 26.4 Å². The number of fused-ring (bicyclic) bond motifs is 1. The maximum Gasteiger partial charge on any atom is 0.387 e. The van der Waals surface area contributed by atoms with Gasteiger partial charge in [0.25, 0.3) is 5.91 Å². The van der Waals surface area contributed by atoms with E-state index in [0.29, 0.717) is 28.0 Å². The summed E-state index contributed by atoms with van der Waals surface area (Å²) in [6, 6.07) is 7.12. The van der Waals surface area contributed by atoms with Gasteiger partial charge >= 0.3 is 6.61 Å². The molecule has 0 aliphatic heterocycles. The van der Waals surface area contributed by atoms with Crippen molar-refractivity contribution >= 4 is 32.5 Å². The van der Waals surface area contributed by atoms with E-state index in [-0.39, 0.29) is 17.0 Å². The fraction of sp³-hybridized carbons (Fsp3) is 0.444. The fourth-order valence-electron chi connectivity index (χ4n) is 4.97. The third-order valence-electron chi connectivity index (χ3n) is 7.01. The Labute approximate surface area is 220 Å². The first-order chi connectivity index (χ1) is 17.7. The Morgan fingerprint density at radius 1 is 1.13 bits per heavy atom. The van der Waals surface area contributed by atoms with Crippen LogP contribution in [0.3, 0.4) is 0 Å². The average Bonchev–Trinajstić information content (AvgIpc) is 3.14. The molecule has 11 heteroatoms. The molecule has 0 atom stereocenters. The Balaban J connectivity index is 1.97. The number of halogens is 3. The van der Waals surface area contributed by atoms with Crippen LogP contribution in [-0.2, 0) is 10.0 Å². The van der Waals surface area contributed by atoms with Crippen LogP contribution in [0.15, 0.2) is 30.3 Å². The number of amides is 1. The Bertz CT molecular complexity index is 1490. The summed E-state index contributed by atoms with van der Waals surface area (Å²) in [6.45, 7) is 3.28. The molecule has 7 nitrogen and oxygen atoms in total. The number of ether oxygens (including phenoxy) is 1. The second-order valence-electron chi connectivity index (χ2n) is 10.7. The standard InChI is InChI=1S/C27H32F3N3O4S/c1-15-12-16(10-11-20(15)32-38(35,36)27(2,3)4)24-23(25(31)34)18-13-19(28)22(37-26(29)30)14-21(18)33(24)17-8-6-5-7-9-17/h10-14,17,26,32H,5-9H2,1-4H3,(H2,31,34). The molecule has 38 heavy (non-hydrogen) atoms. The third kappa shape index (κ3) is 5.21. The summed E-state index contributed by atoms with van der Waals surface area (Å²) >= 11 is 0. The lowest BCUT2D eigenvalue weighted by atomic mass is 9.94. The quantitative estimate of drug-likeness (QED) is 0.350. The van der Waals surface area contributed by atoms with E-state index in [2.05, 4.69) is 9.46 Å². The highest BCUT2D eigenvalue weighted by molar-refractivity contribution is 7.94. The maximum absolute atomic E-state index is 14.8. The normalized spacial score (nSPS) is 15.3. The highest BCUT2D eigenvalue weighted by Gasteiger charge is 2.31. The molecule has 1 aliphatic rings. The molecule has 4 rings (SSSR count). The molecule has 1 aliphatic carbocycles. The monoisotopic (exact) mass is 551 g/mol. The van der Waals surface area contributed by atoms with Gasteiger partial charge < -0.3 is 15.0 Å². The van der Waals surface area contributed by atoms with Crippen LogP contribution in [0.25, 0.3) is 22.2 Å². The number of rotatable bonds is 7. The number of carbonyl (C=O) groups excluding carboxylic acids is 1.